The average molecular weight is 1580 g/mol. The summed E-state index contributed by atoms with van der Waals surface area (Å²) in [5.74, 6) is 9.71. The van der Waals surface area contributed by atoms with Crippen molar-refractivity contribution in [3.63, 3.8) is 0 Å². The van der Waals surface area contributed by atoms with E-state index in [0.29, 0.717) is 103 Å². The lowest BCUT2D eigenvalue weighted by molar-refractivity contribution is 0.288. The van der Waals surface area contributed by atoms with E-state index in [1.165, 1.54) is 48.9 Å². The van der Waals surface area contributed by atoms with Crippen LogP contribution in [0.3, 0.4) is 0 Å². The molecule has 0 radical (unpaired) electrons. The second kappa shape index (κ2) is 44.0. The van der Waals surface area contributed by atoms with E-state index in [-0.39, 0.29) is 11.5 Å². The number of hydrogen-bond acceptors (Lipinski definition) is 24. The molecule has 30 heteroatoms. The third kappa shape index (κ3) is 26.2. The summed E-state index contributed by atoms with van der Waals surface area (Å²) in [4.78, 5) is 0. The molecular formula is C76H85Cl3O24P3+3. The van der Waals surface area contributed by atoms with E-state index in [4.69, 9.17) is 129 Å². The van der Waals surface area contributed by atoms with Gasteiger partial charge in [0.2, 0.25) is 44.0 Å². The molecule has 0 aromatic heterocycles. The number of rotatable bonds is 32. The standard InChI is InChI=1S/C20H21Cl3O7P.2C19H22O6P.C18H20O5/c1-25-15-8-7-13(9-16(15)30-31(24)29-12-20(21,22)23)5-6-14-10-17(26-2)19(28-4)18(11-14)27-3;2*1-21-15-9-8-13(10-16(15)25-26(5)20)6-7-14-11-17(22-2)19(24-4)18(12-14)23-3;1-20-15-8-7-12(9-14(15)19)5-6-13-10-16(21-2)18(23-4)17(11-13)22-3/h5-11H,12H2,1-4H3;2*6-12H,1-5H3;5-11,19H,1-4H3/q3*+1;/b6-5-;2*7-6-;6-5-. The molecule has 3 atom stereocenters. The molecule has 0 bridgehead atoms. The lowest BCUT2D eigenvalue weighted by atomic mass is 10.1. The Labute approximate surface area is 635 Å². The van der Waals surface area contributed by atoms with Gasteiger partial charge < -0.3 is 80.9 Å². The van der Waals surface area contributed by atoms with E-state index >= 15 is 0 Å². The summed E-state index contributed by atoms with van der Waals surface area (Å²) in [7, 11) is 18.7. The molecule has 106 heavy (non-hydrogen) atoms. The summed E-state index contributed by atoms with van der Waals surface area (Å²) in [5, 5.41) is 9.81. The van der Waals surface area contributed by atoms with Gasteiger partial charge in [-0.2, -0.15) is 0 Å². The van der Waals surface area contributed by atoms with Crippen LogP contribution < -0.4 is 89.4 Å². The monoisotopic (exact) mass is 1580 g/mol. The normalized spacial score (nSPS) is 11.3. The number of aromatic hydroxyl groups is 1. The van der Waals surface area contributed by atoms with Gasteiger partial charge in [-0.25, -0.2) is 4.52 Å². The number of alkyl halides is 3. The zero-order chi connectivity index (χ0) is 78.0. The highest BCUT2D eigenvalue weighted by atomic mass is 35.6. The van der Waals surface area contributed by atoms with Crippen LogP contribution in [0, 0.1) is 0 Å². The summed E-state index contributed by atoms with van der Waals surface area (Å²) >= 11 is 16.8. The maximum absolute atomic E-state index is 12.0. The largest absolute Gasteiger partial charge is 0.750 e. The fourth-order valence-electron chi connectivity index (χ4n) is 9.49. The Morgan fingerprint density at radius 1 is 0.283 bits per heavy atom. The second-order valence-electron chi connectivity index (χ2n) is 21.1. The number of ether oxygens (including phenoxy) is 16. The van der Waals surface area contributed by atoms with Crippen LogP contribution >= 0.6 is 59.1 Å². The molecular weight excluding hydrogens is 1500 g/mol. The minimum atomic E-state index is -2.58. The van der Waals surface area contributed by atoms with Crippen LogP contribution in [0.2, 0.25) is 0 Å². The van der Waals surface area contributed by atoms with Crippen LogP contribution in [-0.4, -0.2) is 143 Å². The second-order valence-corrected chi connectivity index (χ2v) is 26.6. The van der Waals surface area contributed by atoms with Crippen molar-refractivity contribution in [3.8, 4) is 115 Å². The molecule has 0 saturated carbocycles. The first-order valence-corrected chi connectivity index (χ1v) is 36.7. The highest BCUT2D eigenvalue weighted by Crippen LogP contribution is 2.45. The number of methoxy groups -OCH3 is 16. The van der Waals surface area contributed by atoms with Crippen LogP contribution in [-0.2, 0) is 18.2 Å². The molecule has 8 aromatic carbocycles. The Balaban J connectivity index is 0.000000255. The molecule has 1 N–H and O–H groups in total. The van der Waals surface area contributed by atoms with Crippen molar-refractivity contribution in [2.75, 3.05) is 134 Å². The summed E-state index contributed by atoms with van der Waals surface area (Å²) in [5.41, 5.74) is 6.77. The van der Waals surface area contributed by atoms with Gasteiger partial charge in [-0.1, -0.05) is 108 Å². The van der Waals surface area contributed by atoms with Gasteiger partial charge in [0.1, 0.15) is 0 Å². The van der Waals surface area contributed by atoms with E-state index in [9.17, 15) is 18.8 Å². The molecule has 0 aliphatic carbocycles. The SMILES string of the molecule is COc1ccc(/C=C\c2cc(OC)c(OC)c(OC)c2)cc1O.COc1ccc(/C=C\c2cc(OC)c(OC)c(OC)c2)cc1O[P+](=O)OCC(Cl)(Cl)Cl.COc1ccc(/C=C\c2cc(OC)c(OC)c(OC)c2)cc1O[P+](C)=O.COc1ccc(/C=C\c2cc(OC)c(OC)c(OC)c2)cc1O[P+](C)=O. The topological polar surface area (TPSA) is 256 Å². The zero-order valence-corrected chi connectivity index (χ0v) is 66.6. The van der Waals surface area contributed by atoms with Crippen LogP contribution in [0.1, 0.15) is 44.5 Å². The van der Waals surface area contributed by atoms with Crippen molar-refractivity contribution < 1.29 is 113 Å². The van der Waals surface area contributed by atoms with E-state index < -0.39 is 34.7 Å². The summed E-state index contributed by atoms with van der Waals surface area (Å²) < 4.78 is 139. The van der Waals surface area contributed by atoms with Gasteiger partial charge in [0.15, 0.2) is 94.7 Å². The van der Waals surface area contributed by atoms with Crippen molar-refractivity contribution >= 4 is 108 Å². The number of benzene rings is 8. The minimum absolute atomic E-state index is 0.0968. The Hall–Kier alpha value is -10.2. The molecule has 0 aliphatic heterocycles. The molecule has 566 valence electrons. The van der Waals surface area contributed by atoms with Crippen LogP contribution in [0.4, 0.5) is 0 Å². The first-order chi connectivity index (χ1) is 50.9. The number of hydrogen-bond donors (Lipinski definition) is 1. The highest BCUT2D eigenvalue weighted by molar-refractivity contribution is 7.38. The molecule has 0 spiro atoms. The predicted octanol–water partition coefficient (Wildman–Crippen LogP) is 19.2. The van der Waals surface area contributed by atoms with E-state index in [1.54, 1.807) is 145 Å². The summed E-state index contributed by atoms with van der Waals surface area (Å²) in [6, 6.07) is 35.8. The van der Waals surface area contributed by atoms with Gasteiger partial charge in [-0.05, 0) is 151 Å². The molecule has 0 aliphatic rings. The number of phenolic OH excluding ortho intramolecular Hbond substituents is 1. The van der Waals surface area contributed by atoms with Crippen molar-refractivity contribution in [2.45, 2.75) is 3.79 Å². The van der Waals surface area contributed by atoms with Gasteiger partial charge in [-0.3, -0.25) is 9.05 Å². The first-order valence-electron chi connectivity index (χ1n) is 31.2. The van der Waals surface area contributed by atoms with Gasteiger partial charge in [-0.15, -0.1) is 4.52 Å². The van der Waals surface area contributed by atoms with E-state index in [2.05, 4.69) is 0 Å². The van der Waals surface area contributed by atoms with Crippen molar-refractivity contribution in [3.05, 3.63) is 166 Å². The Bertz CT molecular complexity index is 4150. The Morgan fingerprint density at radius 2 is 0.491 bits per heavy atom. The lowest BCUT2D eigenvalue weighted by Crippen LogP contribution is -2.10. The molecule has 0 saturated heterocycles. The highest BCUT2D eigenvalue weighted by Gasteiger charge is 2.32. The Kier molecular flexibility index (Phi) is 35.9. The number of phenols is 1. The lowest BCUT2D eigenvalue weighted by Gasteiger charge is -2.12. The van der Waals surface area contributed by atoms with Gasteiger partial charge >= 0.3 is 24.3 Å². The smallest absolute Gasteiger partial charge is 0.504 e. The quantitative estimate of drug-likeness (QED) is 0.0233. The third-order valence-electron chi connectivity index (χ3n) is 14.3. The predicted molar refractivity (Wildman–Crippen MR) is 417 cm³/mol. The van der Waals surface area contributed by atoms with E-state index in [0.717, 1.165) is 44.5 Å². The van der Waals surface area contributed by atoms with Crippen LogP contribution in [0.5, 0.6) is 115 Å². The number of halogens is 3. The summed E-state index contributed by atoms with van der Waals surface area (Å²) in [6.07, 6.45) is 15.0. The van der Waals surface area contributed by atoms with Crippen molar-refractivity contribution in [2.24, 2.45) is 0 Å². The maximum atomic E-state index is 12.0. The van der Waals surface area contributed by atoms with Crippen molar-refractivity contribution in [1.82, 2.24) is 0 Å². The zero-order valence-electron chi connectivity index (χ0n) is 61.7. The van der Waals surface area contributed by atoms with Crippen LogP contribution in [0.15, 0.2) is 121 Å². The molecule has 24 nitrogen and oxygen atoms in total. The third-order valence-corrected chi connectivity index (χ3v) is 16.3. The molecule has 0 heterocycles. The maximum Gasteiger partial charge on any atom is 0.750 e. The first kappa shape index (κ1) is 86.5. The molecule has 3 unspecified atom stereocenters. The molecule has 0 amide bonds. The summed E-state index contributed by atoms with van der Waals surface area (Å²) in [6.45, 7) is 2.59. The average Bonchev–Trinajstić information content (AvgIpc) is 0.839. The van der Waals surface area contributed by atoms with Gasteiger partial charge in [0.25, 0.3) is 0 Å². The van der Waals surface area contributed by atoms with Gasteiger partial charge in [0, 0.05) is 4.57 Å². The van der Waals surface area contributed by atoms with Crippen molar-refractivity contribution in [1.29, 1.82) is 0 Å². The molecule has 8 rings (SSSR count). The fraction of sp³-hybridized carbons (Fsp3) is 0.263. The fourth-order valence-corrected chi connectivity index (χ4v) is 11.4. The molecule has 0 fully saturated rings. The molecule has 8 aromatic rings. The Morgan fingerprint density at radius 3 is 0.698 bits per heavy atom. The van der Waals surface area contributed by atoms with Gasteiger partial charge in [0.05, 0.1) is 114 Å². The van der Waals surface area contributed by atoms with E-state index in [1.807, 2.05) is 103 Å². The minimum Gasteiger partial charge on any atom is -0.504 e. The van der Waals surface area contributed by atoms with Crippen LogP contribution in [0.25, 0.3) is 48.6 Å².